The van der Waals surface area contributed by atoms with Crippen molar-refractivity contribution in [2.45, 2.75) is 6.18 Å². The molecule has 1 N–H and O–H groups in total. The van der Waals surface area contributed by atoms with E-state index in [1.54, 1.807) is 6.07 Å². The molecule has 0 saturated carbocycles. The van der Waals surface area contributed by atoms with Crippen molar-refractivity contribution in [3.05, 3.63) is 28.8 Å². The molecule has 1 aromatic carbocycles. The standard InChI is InChI=1S/C9H3F3N3/c10-9(11,12)7-1-5(3-13)6(4-14)2-8(7)15/h1-2,15H. The molecular formula is C9H3F3N3. The molecule has 1 aromatic rings. The number of hydrogen-bond acceptors (Lipinski definition) is 2. The van der Waals surface area contributed by atoms with Crippen molar-refractivity contribution < 1.29 is 13.2 Å². The van der Waals surface area contributed by atoms with Crippen LogP contribution in [0.5, 0.6) is 0 Å². The molecular weight excluding hydrogens is 207 g/mol. The van der Waals surface area contributed by atoms with Gasteiger partial charge in [-0.3, -0.25) is 0 Å². The molecule has 0 saturated heterocycles. The minimum Gasteiger partial charge on any atom is -0.300 e. The number of halogens is 3. The molecule has 0 aliphatic heterocycles. The van der Waals surface area contributed by atoms with E-state index in [4.69, 9.17) is 16.3 Å². The van der Waals surface area contributed by atoms with Crippen LogP contribution in [0.15, 0.2) is 12.1 Å². The zero-order chi connectivity index (χ0) is 11.6. The van der Waals surface area contributed by atoms with Crippen LogP contribution in [0.3, 0.4) is 0 Å². The molecule has 6 heteroatoms. The van der Waals surface area contributed by atoms with Crippen LogP contribution in [-0.4, -0.2) is 0 Å². The van der Waals surface area contributed by atoms with Crippen LogP contribution in [0.2, 0.25) is 0 Å². The van der Waals surface area contributed by atoms with E-state index < -0.39 is 17.4 Å². The van der Waals surface area contributed by atoms with Crippen LogP contribution in [0.1, 0.15) is 16.7 Å². The molecule has 0 unspecified atom stereocenters. The minimum absolute atomic E-state index is 0.226. The fourth-order valence-electron chi connectivity index (χ4n) is 1.02. The fourth-order valence-corrected chi connectivity index (χ4v) is 1.02. The van der Waals surface area contributed by atoms with E-state index in [0.717, 1.165) is 6.07 Å². The highest BCUT2D eigenvalue weighted by Gasteiger charge is 2.34. The first kappa shape index (κ1) is 10.9. The molecule has 0 heterocycles. The van der Waals surface area contributed by atoms with E-state index in [9.17, 15) is 13.2 Å². The zero-order valence-electron chi connectivity index (χ0n) is 7.18. The van der Waals surface area contributed by atoms with Gasteiger partial charge in [0.2, 0.25) is 0 Å². The van der Waals surface area contributed by atoms with Crippen molar-refractivity contribution in [1.29, 1.82) is 10.5 Å². The van der Waals surface area contributed by atoms with Gasteiger partial charge >= 0.3 is 6.18 Å². The van der Waals surface area contributed by atoms with Crippen molar-refractivity contribution in [2.24, 2.45) is 0 Å². The van der Waals surface area contributed by atoms with Gasteiger partial charge in [-0.2, -0.15) is 23.7 Å². The van der Waals surface area contributed by atoms with Crippen LogP contribution < -0.4 is 5.73 Å². The number of nitrogens with zero attached hydrogens (tertiary/aromatic N) is 2. The van der Waals surface area contributed by atoms with E-state index in [1.807, 2.05) is 0 Å². The predicted octanol–water partition coefficient (Wildman–Crippen LogP) is 2.36. The highest BCUT2D eigenvalue weighted by Crippen LogP contribution is 2.35. The Morgan fingerprint density at radius 3 is 1.93 bits per heavy atom. The second kappa shape index (κ2) is 3.50. The Balaban J connectivity index is 3.50. The van der Waals surface area contributed by atoms with Crippen molar-refractivity contribution >= 4 is 5.69 Å². The van der Waals surface area contributed by atoms with E-state index >= 15 is 0 Å². The Morgan fingerprint density at radius 2 is 1.53 bits per heavy atom. The van der Waals surface area contributed by atoms with E-state index in [2.05, 4.69) is 0 Å². The van der Waals surface area contributed by atoms with E-state index in [0.29, 0.717) is 6.07 Å². The summed E-state index contributed by atoms with van der Waals surface area (Å²) in [7, 11) is 0. The highest BCUT2D eigenvalue weighted by atomic mass is 19.4. The van der Waals surface area contributed by atoms with Gasteiger partial charge in [0.25, 0.3) is 0 Å². The normalized spacial score (nSPS) is 10.5. The first-order chi connectivity index (χ1) is 6.90. The summed E-state index contributed by atoms with van der Waals surface area (Å²) in [5.41, 5.74) is 4.44. The number of nitrogens with one attached hydrogen (secondary N) is 1. The van der Waals surface area contributed by atoms with Gasteiger partial charge in [0.05, 0.1) is 22.4 Å². The van der Waals surface area contributed by atoms with Crippen molar-refractivity contribution in [3.63, 3.8) is 0 Å². The molecule has 0 spiro atoms. The van der Waals surface area contributed by atoms with Gasteiger partial charge in [-0.1, -0.05) is 0 Å². The van der Waals surface area contributed by atoms with Gasteiger partial charge in [-0.15, -0.1) is 0 Å². The molecule has 0 aromatic heterocycles. The van der Waals surface area contributed by atoms with Gasteiger partial charge in [-0.25, -0.2) is 0 Å². The molecule has 0 aliphatic rings. The third kappa shape index (κ3) is 2.00. The summed E-state index contributed by atoms with van der Waals surface area (Å²) in [5, 5.41) is 17.0. The maximum atomic E-state index is 12.3. The second-order valence-corrected chi connectivity index (χ2v) is 2.66. The van der Waals surface area contributed by atoms with E-state index in [-0.39, 0.29) is 11.1 Å². The summed E-state index contributed by atoms with van der Waals surface area (Å²) in [5.74, 6) is 0. The lowest BCUT2D eigenvalue weighted by Gasteiger charge is -2.09. The number of hydrogen-bond donors (Lipinski definition) is 0. The van der Waals surface area contributed by atoms with Gasteiger partial charge in [-0.05, 0) is 12.1 Å². The molecule has 75 valence electrons. The lowest BCUT2D eigenvalue weighted by Crippen LogP contribution is -2.07. The summed E-state index contributed by atoms with van der Waals surface area (Å²) >= 11 is 0. The summed E-state index contributed by atoms with van der Waals surface area (Å²) < 4.78 is 36.9. The third-order valence-corrected chi connectivity index (χ3v) is 1.70. The van der Waals surface area contributed by atoms with Crippen LogP contribution >= 0.6 is 0 Å². The second-order valence-electron chi connectivity index (χ2n) is 2.66. The monoisotopic (exact) mass is 210 g/mol. The van der Waals surface area contributed by atoms with Crippen molar-refractivity contribution in [2.75, 3.05) is 0 Å². The Hall–Kier alpha value is -2.21. The van der Waals surface area contributed by atoms with E-state index in [1.165, 1.54) is 6.07 Å². The Kier molecular flexibility index (Phi) is 2.54. The van der Waals surface area contributed by atoms with Crippen LogP contribution in [0, 0.1) is 22.7 Å². The summed E-state index contributed by atoms with van der Waals surface area (Å²) in [6.45, 7) is 0. The number of nitriles is 2. The largest absolute Gasteiger partial charge is 0.418 e. The average molecular weight is 210 g/mol. The van der Waals surface area contributed by atoms with Crippen molar-refractivity contribution in [1.82, 2.24) is 5.73 Å². The molecule has 1 radical (unpaired) electrons. The fraction of sp³-hybridized carbons (Fsp3) is 0.111. The SMILES string of the molecule is N#Cc1cc([NH])c(C(F)(F)F)cc1C#N. The number of rotatable bonds is 0. The summed E-state index contributed by atoms with van der Waals surface area (Å²) in [6.07, 6.45) is -4.68. The summed E-state index contributed by atoms with van der Waals surface area (Å²) in [4.78, 5) is 0. The molecule has 1 rings (SSSR count). The Morgan fingerprint density at radius 1 is 1.07 bits per heavy atom. The average Bonchev–Trinajstić information content (AvgIpc) is 2.15. The van der Waals surface area contributed by atoms with Gasteiger partial charge in [0.1, 0.15) is 12.1 Å². The Labute approximate surface area is 83.1 Å². The summed E-state index contributed by atoms with van der Waals surface area (Å²) in [6, 6.07) is 4.29. The third-order valence-electron chi connectivity index (χ3n) is 1.70. The lowest BCUT2D eigenvalue weighted by atomic mass is 10.0. The lowest BCUT2D eigenvalue weighted by molar-refractivity contribution is -0.137. The first-order valence-electron chi connectivity index (χ1n) is 3.67. The number of alkyl halides is 3. The van der Waals surface area contributed by atoms with Crippen LogP contribution in [0.4, 0.5) is 18.9 Å². The van der Waals surface area contributed by atoms with Crippen LogP contribution in [0.25, 0.3) is 0 Å². The molecule has 15 heavy (non-hydrogen) atoms. The van der Waals surface area contributed by atoms with Gasteiger partial charge in [0.15, 0.2) is 0 Å². The minimum atomic E-state index is -4.68. The van der Waals surface area contributed by atoms with Crippen molar-refractivity contribution in [3.8, 4) is 12.1 Å². The molecule has 0 fully saturated rings. The Bertz CT molecular complexity index is 477. The number of benzene rings is 1. The smallest absolute Gasteiger partial charge is 0.300 e. The van der Waals surface area contributed by atoms with Gasteiger partial charge in [0, 0.05) is 0 Å². The molecule has 0 bridgehead atoms. The zero-order valence-corrected chi connectivity index (χ0v) is 7.18. The molecule has 0 aliphatic carbocycles. The highest BCUT2D eigenvalue weighted by molar-refractivity contribution is 5.58. The molecule has 0 atom stereocenters. The maximum absolute atomic E-state index is 12.3. The predicted molar refractivity (Wildman–Crippen MR) is 43.6 cm³/mol. The maximum Gasteiger partial charge on any atom is 0.418 e. The van der Waals surface area contributed by atoms with Gasteiger partial charge < -0.3 is 5.73 Å². The van der Waals surface area contributed by atoms with Crippen LogP contribution in [-0.2, 0) is 6.18 Å². The topological polar surface area (TPSA) is 71.4 Å². The molecule has 3 nitrogen and oxygen atoms in total. The molecule has 0 amide bonds. The quantitative estimate of drug-likeness (QED) is 0.659. The first-order valence-corrected chi connectivity index (χ1v) is 3.67.